The molecule has 21 heavy (non-hydrogen) atoms. The molecular weight excluding hydrogens is 272 g/mol. The predicted molar refractivity (Wildman–Crippen MR) is 73.3 cm³/mol. The minimum atomic E-state index is -0.683. The Balaban J connectivity index is 1.45. The molecule has 1 aromatic carbocycles. The van der Waals surface area contributed by atoms with Crippen molar-refractivity contribution >= 4 is 0 Å². The molecule has 112 valence electrons. The van der Waals surface area contributed by atoms with Crippen molar-refractivity contribution in [3.63, 3.8) is 0 Å². The number of hydrogen-bond donors (Lipinski definition) is 0. The van der Waals surface area contributed by atoms with E-state index < -0.39 is 12.1 Å². The van der Waals surface area contributed by atoms with E-state index in [1.807, 2.05) is 30.3 Å². The summed E-state index contributed by atoms with van der Waals surface area (Å²) in [7, 11) is 0. The van der Waals surface area contributed by atoms with Crippen LogP contribution >= 0.6 is 0 Å². The Morgan fingerprint density at radius 3 is 2.86 bits per heavy atom. The molecule has 4 aliphatic heterocycles. The van der Waals surface area contributed by atoms with E-state index in [4.69, 9.17) is 23.7 Å². The van der Waals surface area contributed by atoms with Crippen LogP contribution in [0.4, 0.5) is 0 Å². The highest BCUT2D eigenvalue weighted by Gasteiger charge is 2.64. The quantitative estimate of drug-likeness (QED) is 0.795. The first-order chi connectivity index (χ1) is 10.3. The van der Waals surface area contributed by atoms with Crippen LogP contribution in [0, 0.1) is 0 Å². The number of fused-ring (bicyclic) bond motifs is 1. The zero-order valence-corrected chi connectivity index (χ0v) is 11.6. The molecular formula is C16H18O5. The van der Waals surface area contributed by atoms with E-state index in [2.05, 4.69) is 6.58 Å². The second kappa shape index (κ2) is 5.19. The predicted octanol–water partition coefficient (Wildman–Crippen LogP) is 2.14. The van der Waals surface area contributed by atoms with Crippen molar-refractivity contribution in [2.24, 2.45) is 0 Å². The van der Waals surface area contributed by atoms with E-state index in [1.54, 1.807) is 6.08 Å². The Morgan fingerprint density at radius 2 is 2.10 bits per heavy atom. The van der Waals surface area contributed by atoms with Gasteiger partial charge >= 0.3 is 0 Å². The fourth-order valence-corrected chi connectivity index (χ4v) is 3.03. The molecule has 5 heteroatoms. The highest BCUT2D eigenvalue weighted by Crippen LogP contribution is 2.50. The third kappa shape index (κ3) is 2.22. The summed E-state index contributed by atoms with van der Waals surface area (Å²) >= 11 is 0. The van der Waals surface area contributed by atoms with E-state index in [9.17, 15) is 0 Å². The van der Waals surface area contributed by atoms with E-state index in [1.165, 1.54) is 0 Å². The molecule has 4 fully saturated rings. The van der Waals surface area contributed by atoms with Gasteiger partial charge in [0.05, 0.1) is 13.2 Å². The molecule has 0 radical (unpaired) electrons. The lowest BCUT2D eigenvalue weighted by molar-refractivity contribution is -0.513. The van der Waals surface area contributed by atoms with Crippen molar-refractivity contribution < 1.29 is 23.7 Å². The fourth-order valence-electron chi connectivity index (χ4n) is 3.03. The highest BCUT2D eigenvalue weighted by atomic mass is 16.9. The van der Waals surface area contributed by atoms with Crippen molar-refractivity contribution in [1.29, 1.82) is 0 Å². The van der Waals surface area contributed by atoms with Crippen LogP contribution in [-0.2, 0) is 23.7 Å². The minimum absolute atomic E-state index is 0.0734. The molecule has 0 N–H and O–H groups in total. The molecule has 0 saturated carbocycles. The van der Waals surface area contributed by atoms with Crippen molar-refractivity contribution in [3.05, 3.63) is 48.6 Å². The monoisotopic (exact) mass is 290 g/mol. The minimum Gasteiger partial charge on any atom is -0.346 e. The topological polar surface area (TPSA) is 46.2 Å². The molecule has 4 heterocycles. The number of ether oxygens (including phenoxy) is 5. The Morgan fingerprint density at radius 1 is 1.29 bits per heavy atom. The summed E-state index contributed by atoms with van der Waals surface area (Å²) in [6, 6.07) is 9.86. The van der Waals surface area contributed by atoms with Crippen molar-refractivity contribution in [2.45, 2.75) is 37.0 Å². The molecule has 5 atom stereocenters. The SMILES string of the molecule is C=CCOC1OC2COC(c3ccccc3)OC23CC1O3. The molecule has 5 unspecified atom stereocenters. The molecule has 2 bridgehead atoms. The molecule has 4 aliphatic rings. The molecule has 0 aliphatic carbocycles. The molecule has 1 aromatic rings. The van der Waals surface area contributed by atoms with E-state index in [-0.39, 0.29) is 18.5 Å². The van der Waals surface area contributed by atoms with Crippen LogP contribution in [0.15, 0.2) is 43.0 Å². The summed E-state index contributed by atoms with van der Waals surface area (Å²) < 4.78 is 29.2. The van der Waals surface area contributed by atoms with Gasteiger partial charge in [-0.05, 0) is 0 Å². The maximum atomic E-state index is 6.04. The van der Waals surface area contributed by atoms with Gasteiger partial charge in [0.15, 0.2) is 12.6 Å². The fraction of sp³-hybridized carbons (Fsp3) is 0.500. The van der Waals surface area contributed by atoms with Crippen LogP contribution < -0.4 is 0 Å². The van der Waals surface area contributed by atoms with Crippen LogP contribution in [0.2, 0.25) is 0 Å². The van der Waals surface area contributed by atoms with Crippen molar-refractivity contribution in [1.82, 2.24) is 0 Å². The second-order valence-corrected chi connectivity index (χ2v) is 5.48. The van der Waals surface area contributed by atoms with Gasteiger partial charge in [-0.2, -0.15) is 0 Å². The normalized spacial score (nSPS) is 41.0. The Kier molecular flexibility index (Phi) is 3.32. The summed E-state index contributed by atoms with van der Waals surface area (Å²) in [6.07, 6.45) is 1.37. The van der Waals surface area contributed by atoms with Crippen LogP contribution in [0.5, 0.6) is 0 Å². The van der Waals surface area contributed by atoms with Crippen LogP contribution in [0.1, 0.15) is 18.3 Å². The van der Waals surface area contributed by atoms with Gasteiger partial charge in [0.1, 0.15) is 12.2 Å². The first-order valence-electron chi connectivity index (χ1n) is 7.21. The smallest absolute Gasteiger partial charge is 0.203 e. The van der Waals surface area contributed by atoms with Gasteiger partial charge in [0.25, 0.3) is 0 Å². The summed E-state index contributed by atoms with van der Waals surface area (Å²) in [6.45, 7) is 4.51. The maximum Gasteiger partial charge on any atom is 0.203 e. The summed E-state index contributed by atoms with van der Waals surface area (Å²) in [5.74, 6) is -0.683. The van der Waals surface area contributed by atoms with Gasteiger partial charge < -0.3 is 23.7 Å². The van der Waals surface area contributed by atoms with E-state index >= 15 is 0 Å². The first kappa shape index (κ1) is 13.4. The zero-order valence-electron chi connectivity index (χ0n) is 11.6. The maximum absolute atomic E-state index is 6.04. The van der Waals surface area contributed by atoms with Gasteiger partial charge in [-0.3, -0.25) is 0 Å². The first-order valence-corrected chi connectivity index (χ1v) is 7.21. The summed E-state index contributed by atoms with van der Waals surface area (Å²) in [5, 5.41) is 0. The lowest BCUT2D eigenvalue weighted by Gasteiger charge is -2.60. The van der Waals surface area contributed by atoms with Crippen LogP contribution in [0.25, 0.3) is 0 Å². The van der Waals surface area contributed by atoms with E-state index in [0.29, 0.717) is 13.2 Å². The molecule has 0 aromatic heterocycles. The van der Waals surface area contributed by atoms with Gasteiger partial charge in [0.2, 0.25) is 5.79 Å². The molecule has 4 saturated heterocycles. The van der Waals surface area contributed by atoms with Gasteiger partial charge in [-0.15, -0.1) is 6.58 Å². The number of hydrogen-bond acceptors (Lipinski definition) is 5. The Hall–Kier alpha value is -1.24. The zero-order chi connectivity index (χ0) is 14.3. The van der Waals surface area contributed by atoms with Crippen molar-refractivity contribution in [2.75, 3.05) is 13.2 Å². The average molecular weight is 290 g/mol. The molecule has 1 spiro atoms. The Bertz CT molecular complexity index is 511. The van der Waals surface area contributed by atoms with Crippen molar-refractivity contribution in [3.8, 4) is 0 Å². The third-order valence-corrected chi connectivity index (χ3v) is 4.08. The number of rotatable bonds is 4. The standard InChI is InChI=1S/C16H18O5/c1-2-8-17-15-12-9-16(20-12)13(19-15)10-18-14(21-16)11-6-4-3-5-7-11/h2-7,12-15H,1,8-10H2. The van der Waals surface area contributed by atoms with Crippen LogP contribution in [0.3, 0.4) is 0 Å². The van der Waals surface area contributed by atoms with Gasteiger partial charge in [-0.25, -0.2) is 0 Å². The largest absolute Gasteiger partial charge is 0.346 e. The summed E-state index contributed by atoms with van der Waals surface area (Å²) in [4.78, 5) is 0. The van der Waals surface area contributed by atoms with Crippen LogP contribution in [-0.4, -0.2) is 37.5 Å². The second-order valence-electron chi connectivity index (χ2n) is 5.48. The number of benzene rings is 1. The lowest BCUT2D eigenvalue weighted by Crippen LogP contribution is -2.73. The van der Waals surface area contributed by atoms with E-state index in [0.717, 1.165) is 12.0 Å². The molecule has 5 rings (SSSR count). The molecule has 5 nitrogen and oxygen atoms in total. The third-order valence-electron chi connectivity index (χ3n) is 4.08. The van der Waals surface area contributed by atoms with Gasteiger partial charge in [-0.1, -0.05) is 36.4 Å². The summed E-state index contributed by atoms with van der Waals surface area (Å²) in [5.41, 5.74) is 0.988. The Labute approximate surface area is 123 Å². The van der Waals surface area contributed by atoms with Gasteiger partial charge in [0, 0.05) is 12.0 Å². The average Bonchev–Trinajstić information content (AvgIpc) is 2.52. The highest BCUT2D eigenvalue weighted by molar-refractivity contribution is 5.17. The molecule has 0 amide bonds. The lowest BCUT2D eigenvalue weighted by atomic mass is 9.90.